The molecular formula is C25H31N5O3. The maximum absolute atomic E-state index is 12.5. The van der Waals surface area contributed by atoms with Gasteiger partial charge in [-0.05, 0) is 50.5 Å². The number of aromatic nitrogens is 3. The lowest BCUT2D eigenvalue weighted by molar-refractivity contribution is -0.127. The fourth-order valence-electron chi connectivity index (χ4n) is 4.43. The second kappa shape index (κ2) is 10.0. The molecule has 2 amide bonds. The van der Waals surface area contributed by atoms with Crippen LogP contribution in [0.4, 0.5) is 0 Å². The first kappa shape index (κ1) is 22.8. The summed E-state index contributed by atoms with van der Waals surface area (Å²) in [6.07, 6.45) is 2.65. The molecule has 1 aliphatic rings. The molecule has 0 spiro atoms. The van der Waals surface area contributed by atoms with E-state index >= 15 is 0 Å². The van der Waals surface area contributed by atoms with E-state index in [0.29, 0.717) is 32.5 Å². The van der Waals surface area contributed by atoms with Crippen molar-refractivity contribution in [2.45, 2.75) is 46.1 Å². The molecule has 1 saturated heterocycles. The lowest BCUT2D eigenvalue weighted by atomic mass is 10.0. The monoisotopic (exact) mass is 449 g/mol. The predicted molar refractivity (Wildman–Crippen MR) is 127 cm³/mol. The van der Waals surface area contributed by atoms with Crippen molar-refractivity contribution in [3.8, 4) is 17.0 Å². The van der Waals surface area contributed by atoms with Gasteiger partial charge in [-0.15, -0.1) is 0 Å². The summed E-state index contributed by atoms with van der Waals surface area (Å²) < 4.78 is 7.38. The molecule has 0 aliphatic carbocycles. The van der Waals surface area contributed by atoms with Crippen LogP contribution in [0.3, 0.4) is 0 Å². The molecule has 1 N–H and O–H groups in total. The summed E-state index contributed by atoms with van der Waals surface area (Å²) in [7, 11) is 1.65. The average Bonchev–Trinajstić information content (AvgIpc) is 3.38. The molecule has 0 bridgehead atoms. The Morgan fingerprint density at radius 3 is 2.79 bits per heavy atom. The number of carbonyl (C=O) groups is 2. The van der Waals surface area contributed by atoms with E-state index in [2.05, 4.69) is 12.2 Å². The van der Waals surface area contributed by atoms with Gasteiger partial charge in [-0.3, -0.25) is 9.59 Å². The van der Waals surface area contributed by atoms with Crippen molar-refractivity contribution in [2.75, 3.05) is 26.7 Å². The summed E-state index contributed by atoms with van der Waals surface area (Å²) in [5.74, 6) is 0.934. The first-order valence-corrected chi connectivity index (χ1v) is 11.5. The highest BCUT2D eigenvalue weighted by Gasteiger charge is 2.20. The summed E-state index contributed by atoms with van der Waals surface area (Å²) >= 11 is 0. The van der Waals surface area contributed by atoms with Crippen molar-refractivity contribution in [1.82, 2.24) is 25.0 Å². The zero-order valence-corrected chi connectivity index (χ0v) is 19.6. The van der Waals surface area contributed by atoms with Crippen molar-refractivity contribution < 1.29 is 14.3 Å². The minimum atomic E-state index is -0.0328. The Kier molecular flexibility index (Phi) is 6.91. The van der Waals surface area contributed by atoms with Crippen LogP contribution in [0.5, 0.6) is 5.75 Å². The quantitative estimate of drug-likeness (QED) is 0.507. The van der Waals surface area contributed by atoms with Gasteiger partial charge in [-0.2, -0.15) is 5.10 Å². The minimum Gasteiger partial charge on any atom is -0.496 e. The van der Waals surface area contributed by atoms with Crippen LogP contribution in [0.1, 0.15) is 36.9 Å². The van der Waals surface area contributed by atoms with Gasteiger partial charge in [-0.1, -0.05) is 12.1 Å². The van der Waals surface area contributed by atoms with Crippen molar-refractivity contribution in [1.29, 1.82) is 0 Å². The molecule has 2 aromatic heterocycles. The van der Waals surface area contributed by atoms with Crippen LogP contribution in [0.15, 0.2) is 30.3 Å². The number of fused-ring (bicyclic) bond motifs is 1. The van der Waals surface area contributed by atoms with Gasteiger partial charge in [-0.25, -0.2) is 9.67 Å². The van der Waals surface area contributed by atoms with Crippen molar-refractivity contribution >= 4 is 22.8 Å². The Morgan fingerprint density at radius 2 is 2.03 bits per heavy atom. The highest BCUT2D eigenvalue weighted by molar-refractivity contribution is 5.95. The minimum absolute atomic E-state index is 0.0328. The fourth-order valence-corrected chi connectivity index (χ4v) is 4.43. The largest absolute Gasteiger partial charge is 0.496 e. The number of benzene rings is 1. The first-order valence-electron chi connectivity index (χ1n) is 11.5. The number of nitrogens with zero attached hydrogens (tertiary/aromatic N) is 4. The van der Waals surface area contributed by atoms with Crippen LogP contribution in [0, 0.1) is 13.8 Å². The van der Waals surface area contributed by atoms with E-state index in [4.69, 9.17) is 14.8 Å². The summed E-state index contributed by atoms with van der Waals surface area (Å²) in [5, 5.41) is 8.78. The van der Waals surface area contributed by atoms with Crippen molar-refractivity contribution in [2.24, 2.45) is 0 Å². The third-order valence-electron chi connectivity index (χ3n) is 6.04. The third-order valence-corrected chi connectivity index (χ3v) is 6.04. The Morgan fingerprint density at radius 1 is 1.21 bits per heavy atom. The second-order valence-corrected chi connectivity index (χ2v) is 8.49. The standard InChI is InChI=1S/C25H31N5O3/c1-17-16-18(2)27-25-23(17)24(19-8-4-5-9-20(19)33-3)28-30(25)15-11-21(31)26-12-7-14-29-13-6-10-22(29)32/h4-5,8-9,16H,6-7,10-15H2,1-3H3,(H,26,31). The number of rotatable bonds is 9. The molecule has 3 aromatic rings. The van der Waals surface area contributed by atoms with Gasteiger partial charge in [0.2, 0.25) is 11.8 Å². The molecule has 1 aliphatic heterocycles. The molecule has 4 rings (SSSR count). The maximum atomic E-state index is 12.5. The van der Waals surface area contributed by atoms with Crippen LogP contribution >= 0.6 is 0 Å². The SMILES string of the molecule is COc1ccccc1-c1nn(CCC(=O)NCCCN2CCCC2=O)c2nc(C)cc(C)c12. The van der Waals surface area contributed by atoms with Gasteiger partial charge in [0, 0.05) is 43.7 Å². The van der Waals surface area contributed by atoms with E-state index < -0.39 is 0 Å². The normalized spacial score (nSPS) is 13.7. The number of nitrogens with one attached hydrogen (secondary N) is 1. The van der Waals surface area contributed by atoms with Crippen LogP contribution < -0.4 is 10.1 Å². The molecule has 0 saturated carbocycles. The smallest absolute Gasteiger partial charge is 0.222 e. The summed E-state index contributed by atoms with van der Waals surface area (Å²) in [6, 6.07) is 9.84. The maximum Gasteiger partial charge on any atom is 0.222 e. The molecule has 3 heterocycles. The number of methoxy groups -OCH3 is 1. The highest BCUT2D eigenvalue weighted by atomic mass is 16.5. The number of carbonyl (C=O) groups excluding carboxylic acids is 2. The fraction of sp³-hybridized carbons (Fsp3) is 0.440. The topological polar surface area (TPSA) is 89.4 Å². The van der Waals surface area contributed by atoms with Crippen LogP contribution in [-0.2, 0) is 16.1 Å². The van der Waals surface area contributed by atoms with Crippen LogP contribution in [0.25, 0.3) is 22.3 Å². The Balaban J connectivity index is 1.46. The van der Waals surface area contributed by atoms with Gasteiger partial charge in [0.05, 0.1) is 19.0 Å². The molecule has 0 radical (unpaired) electrons. The molecule has 33 heavy (non-hydrogen) atoms. The molecule has 174 valence electrons. The second-order valence-electron chi connectivity index (χ2n) is 8.49. The van der Waals surface area contributed by atoms with E-state index in [0.717, 1.165) is 58.7 Å². The molecule has 8 nitrogen and oxygen atoms in total. The average molecular weight is 450 g/mol. The van der Waals surface area contributed by atoms with E-state index in [1.54, 1.807) is 7.11 Å². The molecule has 0 unspecified atom stereocenters. The van der Waals surface area contributed by atoms with E-state index in [-0.39, 0.29) is 11.8 Å². The van der Waals surface area contributed by atoms with Gasteiger partial charge in [0.25, 0.3) is 0 Å². The zero-order chi connectivity index (χ0) is 23.4. The molecule has 1 fully saturated rings. The van der Waals surface area contributed by atoms with E-state index in [1.807, 2.05) is 46.8 Å². The van der Waals surface area contributed by atoms with Crippen LogP contribution in [0.2, 0.25) is 0 Å². The van der Waals surface area contributed by atoms with Gasteiger partial charge in [0.15, 0.2) is 5.65 Å². The molecule has 8 heteroatoms. The number of aryl methyl sites for hydroxylation is 3. The Hall–Kier alpha value is -3.42. The number of amides is 2. The summed E-state index contributed by atoms with van der Waals surface area (Å²) in [4.78, 5) is 30.7. The van der Waals surface area contributed by atoms with Crippen molar-refractivity contribution in [3.63, 3.8) is 0 Å². The molecule has 0 atom stereocenters. The van der Waals surface area contributed by atoms with E-state index in [1.165, 1.54) is 0 Å². The van der Waals surface area contributed by atoms with Crippen LogP contribution in [-0.4, -0.2) is 58.2 Å². The number of hydrogen-bond acceptors (Lipinski definition) is 5. The third kappa shape index (κ3) is 4.99. The molecule has 1 aromatic carbocycles. The Bertz CT molecular complexity index is 1170. The molecular weight excluding hydrogens is 418 g/mol. The summed E-state index contributed by atoms with van der Waals surface area (Å²) in [5.41, 5.74) is 4.48. The number of ether oxygens (including phenoxy) is 1. The summed E-state index contributed by atoms with van der Waals surface area (Å²) in [6.45, 7) is 6.54. The van der Waals surface area contributed by atoms with Gasteiger partial charge < -0.3 is 15.0 Å². The number of para-hydroxylation sites is 1. The highest BCUT2D eigenvalue weighted by Crippen LogP contribution is 2.35. The zero-order valence-electron chi connectivity index (χ0n) is 19.6. The number of likely N-dealkylation sites (tertiary alicyclic amines) is 1. The number of pyridine rings is 1. The van der Waals surface area contributed by atoms with Gasteiger partial charge in [0.1, 0.15) is 11.4 Å². The first-order chi connectivity index (χ1) is 16.0. The predicted octanol–water partition coefficient (Wildman–Crippen LogP) is 3.24. The van der Waals surface area contributed by atoms with Crippen molar-refractivity contribution in [3.05, 3.63) is 41.6 Å². The lowest BCUT2D eigenvalue weighted by Gasteiger charge is -2.15. The number of hydrogen-bond donors (Lipinski definition) is 1. The van der Waals surface area contributed by atoms with Gasteiger partial charge >= 0.3 is 0 Å². The lowest BCUT2D eigenvalue weighted by Crippen LogP contribution is -2.31. The Labute approximate surface area is 193 Å². The van der Waals surface area contributed by atoms with E-state index in [9.17, 15) is 9.59 Å².